The van der Waals surface area contributed by atoms with Crippen LogP contribution >= 0.6 is 47.0 Å². The Morgan fingerprint density at radius 1 is 1.09 bits per heavy atom. The van der Waals surface area contributed by atoms with Crippen molar-refractivity contribution in [2.75, 3.05) is 12.4 Å². The number of methoxy groups -OCH3 is 1. The van der Waals surface area contributed by atoms with Gasteiger partial charge in [-0.15, -0.1) is 0 Å². The number of rotatable bonds is 6. The third kappa shape index (κ3) is 6.14. The molecule has 3 aromatic carbocycles. The summed E-state index contributed by atoms with van der Waals surface area (Å²) >= 11 is 23.4. The van der Waals surface area contributed by atoms with Crippen molar-refractivity contribution in [3.05, 3.63) is 76.3 Å². The molecule has 0 unspecified atom stereocenters. The van der Waals surface area contributed by atoms with Crippen molar-refractivity contribution >= 4 is 80.2 Å². The monoisotopic (exact) mass is 526 g/mol. The molecule has 3 aromatic rings. The molecular formula is C21H17Cl3N4O4S. The van der Waals surface area contributed by atoms with Crippen molar-refractivity contribution in [2.45, 2.75) is 9.96 Å². The number of nitrogens with zero attached hydrogens (tertiary/aromatic N) is 1. The fourth-order valence-corrected chi connectivity index (χ4v) is 3.57. The zero-order chi connectivity index (χ0) is 24.2. The molecule has 0 fully saturated rings. The van der Waals surface area contributed by atoms with Gasteiger partial charge >= 0.3 is 0 Å². The molecule has 0 radical (unpaired) electrons. The van der Waals surface area contributed by atoms with Crippen LogP contribution in [0.5, 0.6) is 5.75 Å². The zero-order valence-electron chi connectivity index (χ0n) is 17.0. The van der Waals surface area contributed by atoms with Gasteiger partial charge in [-0.2, -0.15) is 0 Å². The second-order valence-electron chi connectivity index (χ2n) is 6.71. The predicted octanol–water partition coefficient (Wildman–Crippen LogP) is 5.17. The molecule has 1 amide bonds. The summed E-state index contributed by atoms with van der Waals surface area (Å²) in [4.78, 5) is 23.8. The molecule has 0 bridgehead atoms. The maximum absolute atomic E-state index is 13.0. The number of nitro benzene ring substituents is 1. The van der Waals surface area contributed by atoms with Crippen molar-refractivity contribution in [1.82, 2.24) is 10.6 Å². The lowest BCUT2D eigenvalue weighted by Gasteiger charge is -2.28. The summed E-state index contributed by atoms with van der Waals surface area (Å²) in [5.74, 6) is -0.207. The summed E-state index contributed by atoms with van der Waals surface area (Å²) in [6, 6.07) is 16.8. The predicted molar refractivity (Wildman–Crippen MR) is 134 cm³/mol. The van der Waals surface area contributed by atoms with Crippen molar-refractivity contribution in [3.63, 3.8) is 0 Å². The second-order valence-corrected chi connectivity index (χ2v) is 9.49. The Kier molecular flexibility index (Phi) is 7.80. The molecule has 0 aliphatic rings. The van der Waals surface area contributed by atoms with E-state index in [2.05, 4.69) is 16.0 Å². The van der Waals surface area contributed by atoms with E-state index >= 15 is 0 Å². The first-order valence-corrected chi connectivity index (χ1v) is 10.9. The van der Waals surface area contributed by atoms with Gasteiger partial charge in [-0.1, -0.05) is 71.2 Å². The molecule has 0 spiro atoms. The molecule has 0 aromatic heterocycles. The Morgan fingerprint density at radius 3 is 2.45 bits per heavy atom. The van der Waals surface area contributed by atoms with Gasteiger partial charge in [0.1, 0.15) is 17.6 Å². The number of amides is 1. The standard InChI is InChI=1S/C21H17Cl3N4O4S/c1-32-13-9-10-16(17(11-13)28(30)31)25-20(33)27-19(21(22,23)24)26-18(29)15-8-4-6-12-5-2-3-7-14(12)15/h2-11,19H,1H3,(H,26,29)(H2,25,27,33)/t19-/m0/s1. The first kappa shape index (κ1) is 24.8. The Morgan fingerprint density at radius 2 is 1.79 bits per heavy atom. The lowest BCUT2D eigenvalue weighted by molar-refractivity contribution is -0.384. The summed E-state index contributed by atoms with van der Waals surface area (Å²) in [6.45, 7) is 0. The van der Waals surface area contributed by atoms with E-state index in [1.165, 1.54) is 25.3 Å². The number of halogens is 3. The molecule has 3 N–H and O–H groups in total. The van der Waals surface area contributed by atoms with E-state index in [4.69, 9.17) is 51.8 Å². The van der Waals surface area contributed by atoms with Gasteiger partial charge in [0.15, 0.2) is 5.11 Å². The maximum Gasteiger partial charge on any atom is 0.296 e. The number of fused-ring (bicyclic) bond motifs is 1. The van der Waals surface area contributed by atoms with Crippen LogP contribution in [0, 0.1) is 10.1 Å². The molecule has 33 heavy (non-hydrogen) atoms. The van der Waals surface area contributed by atoms with Gasteiger partial charge < -0.3 is 20.7 Å². The van der Waals surface area contributed by atoms with E-state index in [1.54, 1.807) is 18.2 Å². The number of benzene rings is 3. The van der Waals surface area contributed by atoms with Gasteiger partial charge in [0.05, 0.1) is 18.1 Å². The molecule has 0 saturated carbocycles. The molecule has 1 atom stereocenters. The van der Waals surface area contributed by atoms with Crippen molar-refractivity contribution in [3.8, 4) is 5.75 Å². The van der Waals surface area contributed by atoms with Crippen LogP contribution in [0.15, 0.2) is 60.7 Å². The highest BCUT2D eigenvalue weighted by atomic mass is 35.6. The topological polar surface area (TPSA) is 106 Å². The highest BCUT2D eigenvalue weighted by molar-refractivity contribution is 7.80. The molecule has 0 saturated heterocycles. The number of alkyl halides is 3. The van der Waals surface area contributed by atoms with E-state index in [0.717, 1.165) is 10.8 Å². The Hall–Kier alpha value is -2.85. The van der Waals surface area contributed by atoms with Crippen molar-refractivity contribution in [2.24, 2.45) is 0 Å². The molecule has 0 aliphatic heterocycles. The fourth-order valence-electron chi connectivity index (χ4n) is 3.02. The minimum Gasteiger partial charge on any atom is -0.496 e. The Labute approximate surface area is 209 Å². The normalized spacial score (nSPS) is 12.0. The number of carbonyl (C=O) groups is 1. The molecule has 3 rings (SSSR count). The van der Waals surface area contributed by atoms with Crippen LogP contribution in [0.25, 0.3) is 10.8 Å². The lowest BCUT2D eigenvalue weighted by Crippen LogP contribution is -2.56. The van der Waals surface area contributed by atoms with Crippen LogP contribution in [0.2, 0.25) is 0 Å². The van der Waals surface area contributed by atoms with Gasteiger partial charge in [0, 0.05) is 5.56 Å². The number of hydrogen-bond donors (Lipinski definition) is 3. The summed E-state index contributed by atoms with van der Waals surface area (Å²) in [7, 11) is 1.39. The van der Waals surface area contributed by atoms with Gasteiger partial charge in [-0.05, 0) is 41.2 Å². The minimum absolute atomic E-state index is 0.0850. The number of nitro groups is 1. The third-order valence-corrected chi connectivity index (χ3v) is 5.44. The van der Waals surface area contributed by atoms with Gasteiger partial charge in [0.2, 0.25) is 3.79 Å². The fraction of sp³-hybridized carbons (Fsp3) is 0.143. The summed E-state index contributed by atoms with van der Waals surface area (Å²) in [6.07, 6.45) is -1.26. The largest absolute Gasteiger partial charge is 0.496 e. The average molecular weight is 528 g/mol. The lowest BCUT2D eigenvalue weighted by atomic mass is 10.0. The Balaban J connectivity index is 1.80. The third-order valence-electron chi connectivity index (χ3n) is 4.56. The van der Waals surface area contributed by atoms with Crippen LogP contribution in [0.3, 0.4) is 0 Å². The van der Waals surface area contributed by atoms with E-state index in [9.17, 15) is 14.9 Å². The van der Waals surface area contributed by atoms with Gasteiger partial charge in [0.25, 0.3) is 11.6 Å². The smallest absolute Gasteiger partial charge is 0.296 e. The van der Waals surface area contributed by atoms with Crippen molar-refractivity contribution in [1.29, 1.82) is 0 Å². The average Bonchev–Trinajstić information content (AvgIpc) is 2.77. The molecule has 172 valence electrons. The zero-order valence-corrected chi connectivity index (χ0v) is 20.1. The molecule has 12 heteroatoms. The first-order chi connectivity index (χ1) is 15.6. The van der Waals surface area contributed by atoms with E-state index in [0.29, 0.717) is 11.3 Å². The van der Waals surface area contributed by atoms with Crippen LogP contribution < -0.4 is 20.7 Å². The molecular weight excluding hydrogens is 511 g/mol. The highest BCUT2D eigenvalue weighted by Crippen LogP contribution is 2.31. The summed E-state index contributed by atoms with van der Waals surface area (Å²) in [5.41, 5.74) is 0.185. The minimum atomic E-state index is -2.00. The number of nitrogens with one attached hydrogen (secondary N) is 3. The summed E-state index contributed by atoms with van der Waals surface area (Å²) in [5, 5.41) is 20.8. The second kappa shape index (κ2) is 10.4. The number of carbonyl (C=O) groups excluding carboxylic acids is 1. The maximum atomic E-state index is 13.0. The number of ether oxygens (including phenoxy) is 1. The summed E-state index contributed by atoms with van der Waals surface area (Å²) < 4.78 is 3.01. The van der Waals surface area contributed by atoms with Crippen LogP contribution in [0.4, 0.5) is 11.4 Å². The number of thiocarbonyl (C=S) groups is 1. The quantitative estimate of drug-likeness (QED) is 0.133. The van der Waals surface area contributed by atoms with Crippen LogP contribution in [0.1, 0.15) is 10.4 Å². The van der Waals surface area contributed by atoms with E-state index < -0.39 is 20.8 Å². The first-order valence-electron chi connectivity index (χ1n) is 9.35. The van der Waals surface area contributed by atoms with Crippen molar-refractivity contribution < 1.29 is 14.5 Å². The van der Waals surface area contributed by atoms with E-state index in [-0.39, 0.29) is 16.5 Å². The number of hydrogen-bond acceptors (Lipinski definition) is 5. The Bertz CT molecular complexity index is 1210. The van der Waals surface area contributed by atoms with Gasteiger partial charge in [-0.3, -0.25) is 14.9 Å². The van der Waals surface area contributed by atoms with Gasteiger partial charge in [-0.25, -0.2) is 0 Å². The molecule has 8 nitrogen and oxygen atoms in total. The highest BCUT2D eigenvalue weighted by Gasteiger charge is 2.35. The molecule has 0 heterocycles. The van der Waals surface area contributed by atoms with Crippen LogP contribution in [-0.4, -0.2) is 33.0 Å². The van der Waals surface area contributed by atoms with E-state index in [1.807, 2.05) is 24.3 Å². The van der Waals surface area contributed by atoms with Crippen LogP contribution in [-0.2, 0) is 0 Å². The molecule has 0 aliphatic carbocycles. The SMILES string of the molecule is COc1ccc(NC(=S)N[C@H](NC(=O)c2cccc3ccccc23)C(Cl)(Cl)Cl)c([N+](=O)[O-])c1. The number of anilines is 1.